The Kier molecular flexibility index (Phi) is 6.70. The minimum Gasteiger partial charge on any atom is -0.481 e. The van der Waals surface area contributed by atoms with Gasteiger partial charge in [-0.1, -0.05) is 54.6 Å². The maximum absolute atomic E-state index is 12.9. The normalized spacial score (nSPS) is 16.6. The predicted molar refractivity (Wildman–Crippen MR) is 125 cm³/mol. The van der Waals surface area contributed by atoms with Gasteiger partial charge in [-0.05, 0) is 28.7 Å². The van der Waals surface area contributed by atoms with Crippen molar-refractivity contribution < 1.29 is 29.0 Å². The van der Waals surface area contributed by atoms with E-state index in [0.29, 0.717) is 0 Å². The first kappa shape index (κ1) is 23.5. The number of carbonyl (C=O) groups is 3. The fourth-order valence-electron chi connectivity index (χ4n) is 4.81. The Morgan fingerprint density at radius 3 is 2.26 bits per heavy atom. The largest absolute Gasteiger partial charge is 0.481 e. The van der Waals surface area contributed by atoms with Crippen molar-refractivity contribution in [3.8, 4) is 11.1 Å². The highest BCUT2D eigenvalue weighted by Gasteiger charge is 2.51. The van der Waals surface area contributed by atoms with Crippen LogP contribution in [0, 0.1) is 5.41 Å². The summed E-state index contributed by atoms with van der Waals surface area (Å²) in [6.45, 7) is 3.78. The van der Waals surface area contributed by atoms with Gasteiger partial charge in [0.25, 0.3) is 0 Å². The van der Waals surface area contributed by atoms with Gasteiger partial charge in [0.15, 0.2) is 0 Å². The number of nitrogens with one attached hydrogen (secondary N) is 1. The summed E-state index contributed by atoms with van der Waals surface area (Å²) in [7, 11) is 1.43. The molecule has 1 saturated heterocycles. The number of methoxy groups -OCH3 is 1. The van der Waals surface area contributed by atoms with Gasteiger partial charge < -0.3 is 24.8 Å². The number of alkyl carbamates (subject to hydrolysis) is 1. The van der Waals surface area contributed by atoms with E-state index in [1.54, 1.807) is 0 Å². The summed E-state index contributed by atoms with van der Waals surface area (Å²) in [6.07, 6.45) is 1.08. The van der Waals surface area contributed by atoms with E-state index in [1.165, 1.54) is 18.1 Å². The van der Waals surface area contributed by atoms with Gasteiger partial charge in [-0.3, -0.25) is 9.59 Å². The van der Waals surface area contributed by atoms with Gasteiger partial charge in [0.1, 0.15) is 18.1 Å². The molecular formula is C26H28N2O6. The maximum atomic E-state index is 12.9. The maximum Gasteiger partial charge on any atom is 0.407 e. The average Bonchev–Trinajstić information content (AvgIpc) is 3.12. The second kappa shape index (κ2) is 9.69. The number of carbonyl (C=O) groups excluding carboxylic acids is 2. The van der Waals surface area contributed by atoms with Crippen LogP contribution in [-0.4, -0.2) is 67.4 Å². The third kappa shape index (κ3) is 4.28. The first-order chi connectivity index (χ1) is 16.4. The zero-order valence-corrected chi connectivity index (χ0v) is 19.0. The zero-order valence-electron chi connectivity index (χ0n) is 19.0. The third-order valence-electron chi connectivity index (χ3n) is 6.55. The van der Waals surface area contributed by atoms with E-state index in [1.807, 2.05) is 36.4 Å². The number of hydrogen-bond acceptors (Lipinski definition) is 5. The van der Waals surface area contributed by atoms with Crippen molar-refractivity contribution in [2.45, 2.75) is 18.4 Å². The Hall–Kier alpha value is -3.65. The molecule has 0 spiro atoms. The molecule has 0 bridgehead atoms. The van der Waals surface area contributed by atoms with E-state index in [2.05, 4.69) is 24.0 Å². The van der Waals surface area contributed by atoms with Crippen LogP contribution in [0.2, 0.25) is 0 Å². The molecule has 2 amide bonds. The highest BCUT2D eigenvalue weighted by atomic mass is 16.5. The van der Waals surface area contributed by atoms with Crippen molar-refractivity contribution in [1.82, 2.24) is 10.2 Å². The number of carboxylic acid groups (broad SMARTS) is 1. The van der Waals surface area contributed by atoms with E-state index in [0.717, 1.165) is 22.3 Å². The molecule has 1 atom stereocenters. The fourth-order valence-corrected chi connectivity index (χ4v) is 4.81. The number of amides is 2. The van der Waals surface area contributed by atoms with E-state index in [4.69, 9.17) is 9.47 Å². The Morgan fingerprint density at radius 1 is 1.15 bits per heavy atom. The third-order valence-corrected chi connectivity index (χ3v) is 6.55. The van der Waals surface area contributed by atoms with Crippen molar-refractivity contribution in [2.24, 2.45) is 5.41 Å². The monoisotopic (exact) mass is 464 g/mol. The molecule has 34 heavy (non-hydrogen) atoms. The number of allylic oxidation sites excluding steroid dienone is 1. The zero-order chi connectivity index (χ0) is 24.3. The summed E-state index contributed by atoms with van der Waals surface area (Å²) in [5.41, 5.74) is 3.40. The molecule has 0 radical (unpaired) electrons. The summed E-state index contributed by atoms with van der Waals surface area (Å²) >= 11 is 0. The number of likely N-dealkylation sites (tertiary alicyclic amines) is 1. The molecule has 2 aromatic rings. The molecule has 1 unspecified atom stereocenters. The van der Waals surface area contributed by atoms with Crippen LogP contribution in [0.25, 0.3) is 11.1 Å². The molecule has 2 N–H and O–H groups in total. The van der Waals surface area contributed by atoms with Crippen LogP contribution in [-0.2, 0) is 19.1 Å². The molecule has 178 valence electrons. The lowest BCUT2D eigenvalue weighted by molar-refractivity contribution is -0.166. The second-order valence-electron chi connectivity index (χ2n) is 8.75. The van der Waals surface area contributed by atoms with Crippen LogP contribution in [0.5, 0.6) is 0 Å². The van der Waals surface area contributed by atoms with Crippen molar-refractivity contribution in [2.75, 3.05) is 33.4 Å². The van der Waals surface area contributed by atoms with E-state index >= 15 is 0 Å². The molecule has 1 aliphatic heterocycles. The van der Waals surface area contributed by atoms with Gasteiger partial charge in [-0.25, -0.2) is 4.79 Å². The molecule has 1 aliphatic carbocycles. The van der Waals surface area contributed by atoms with Gasteiger partial charge in [-0.15, -0.1) is 6.58 Å². The van der Waals surface area contributed by atoms with Crippen molar-refractivity contribution >= 4 is 18.0 Å². The molecule has 8 heteroatoms. The van der Waals surface area contributed by atoms with Crippen LogP contribution in [0.15, 0.2) is 61.2 Å². The highest BCUT2D eigenvalue weighted by Crippen LogP contribution is 2.44. The average molecular weight is 465 g/mol. The van der Waals surface area contributed by atoms with Crippen LogP contribution < -0.4 is 5.32 Å². The number of benzene rings is 2. The van der Waals surface area contributed by atoms with Crippen LogP contribution in [0.4, 0.5) is 4.79 Å². The van der Waals surface area contributed by atoms with Gasteiger partial charge >= 0.3 is 12.1 Å². The number of nitrogens with zero attached hydrogens (tertiary/aromatic N) is 1. The first-order valence-electron chi connectivity index (χ1n) is 11.1. The Balaban J connectivity index is 1.38. The first-order valence-corrected chi connectivity index (χ1v) is 11.1. The molecular weight excluding hydrogens is 436 g/mol. The van der Waals surface area contributed by atoms with E-state index < -0.39 is 29.4 Å². The van der Waals surface area contributed by atoms with Gasteiger partial charge in [0.2, 0.25) is 5.91 Å². The Labute approximate surface area is 198 Å². The Bertz CT molecular complexity index is 1060. The second-order valence-corrected chi connectivity index (χ2v) is 8.75. The summed E-state index contributed by atoms with van der Waals surface area (Å²) in [5.74, 6) is -1.47. The minimum atomic E-state index is -1.03. The number of hydrogen-bond donors (Lipinski definition) is 2. The van der Waals surface area contributed by atoms with Crippen LogP contribution in [0.3, 0.4) is 0 Å². The van der Waals surface area contributed by atoms with Crippen molar-refractivity contribution in [3.63, 3.8) is 0 Å². The fraction of sp³-hybridized carbons (Fsp3) is 0.346. The highest BCUT2D eigenvalue weighted by molar-refractivity contribution is 5.89. The smallest absolute Gasteiger partial charge is 0.407 e. The SMILES string of the molecule is C=CCC1(C(=O)O)CN(C(=O)C(COC)NC(=O)OCC2c3ccccc3-c3ccccc32)C1. The molecule has 2 aromatic carbocycles. The van der Waals surface area contributed by atoms with E-state index in [9.17, 15) is 19.5 Å². The number of fused-ring (bicyclic) bond motifs is 3. The molecule has 1 fully saturated rings. The quantitative estimate of drug-likeness (QED) is 0.553. The Morgan fingerprint density at radius 2 is 1.74 bits per heavy atom. The summed E-state index contributed by atoms with van der Waals surface area (Å²) < 4.78 is 10.6. The lowest BCUT2D eigenvalue weighted by atomic mass is 9.76. The molecule has 1 heterocycles. The summed E-state index contributed by atoms with van der Waals surface area (Å²) in [6, 6.07) is 15.1. The number of rotatable bonds is 9. The minimum absolute atomic E-state index is 0.0545. The van der Waals surface area contributed by atoms with Gasteiger partial charge in [0.05, 0.1) is 6.61 Å². The number of aliphatic carboxylic acids is 1. The number of carboxylic acids is 1. The lowest BCUT2D eigenvalue weighted by Gasteiger charge is -2.47. The van der Waals surface area contributed by atoms with Crippen molar-refractivity contribution in [1.29, 1.82) is 0 Å². The molecule has 8 nitrogen and oxygen atoms in total. The van der Waals surface area contributed by atoms with E-state index in [-0.39, 0.29) is 38.6 Å². The standard InChI is InChI=1S/C26H28N2O6/c1-3-12-26(24(30)31)15-28(16-26)23(29)22(14-33-2)27-25(32)34-13-21-19-10-6-4-8-17(19)18-9-5-7-11-20(18)21/h3-11,21-22H,1,12-16H2,2H3,(H,27,32)(H,30,31). The topological polar surface area (TPSA) is 105 Å². The predicted octanol–water partition coefficient (Wildman–Crippen LogP) is 3.03. The molecule has 0 aromatic heterocycles. The lowest BCUT2D eigenvalue weighted by Crippen LogP contribution is -2.65. The molecule has 2 aliphatic rings. The molecule has 0 saturated carbocycles. The molecule has 4 rings (SSSR count). The van der Waals surface area contributed by atoms with Crippen LogP contribution >= 0.6 is 0 Å². The van der Waals surface area contributed by atoms with Gasteiger partial charge in [0, 0.05) is 26.1 Å². The summed E-state index contributed by atoms with van der Waals surface area (Å²) in [4.78, 5) is 38.6. The van der Waals surface area contributed by atoms with Crippen LogP contribution in [0.1, 0.15) is 23.5 Å². The van der Waals surface area contributed by atoms with Gasteiger partial charge in [-0.2, -0.15) is 0 Å². The summed E-state index contributed by atoms with van der Waals surface area (Å²) in [5, 5.41) is 12.1. The van der Waals surface area contributed by atoms with Crippen molar-refractivity contribution in [3.05, 3.63) is 72.3 Å². The number of ether oxygens (including phenoxy) is 2.